The molecule has 0 saturated carbocycles. The van der Waals surface area contributed by atoms with Gasteiger partial charge in [0.2, 0.25) is 0 Å². The van der Waals surface area contributed by atoms with Crippen molar-refractivity contribution in [3.63, 3.8) is 0 Å². The first-order valence-electron chi connectivity index (χ1n) is 12.2. The highest BCUT2D eigenvalue weighted by molar-refractivity contribution is 6.59. The van der Waals surface area contributed by atoms with Crippen molar-refractivity contribution >= 4 is 28.1 Å². The Morgan fingerprint density at radius 3 is 0.889 bits per heavy atom. The van der Waals surface area contributed by atoms with Gasteiger partial charge in [0.25, 0.3) is 0 Å². The quantitative estimate of drug-likeness (QED) is 0.257. The summed E-state index contributed by atoms with van der Waals surface area (Å²) >= 11 is 0. The Labute approximate surface area is 211 Å². The molecule has 0 fully saturated rings. The maximum Gasteiger partial charge on any atom is 0.195 e. The minimum Gasteiger partial charge on any atom is -0.289 e. The normalized spacial score (nSPS) is 13.4. The van der Waals surface area contributed by atoms with E-state index in [-0.39, 0.29) is 5.78 Å². The van der Waals surface area contributed by atoms with Gasteiger partial charge in [0.05, 0.1) is 0 Å². The van der Waals surface area contributed by atoms with Gasteiger partial charge in [-0.15, -0.1) is 0 Å². The van der Waals surface area contributed by atoms with Crippen molar-refractivity contribution < 1.29 is 4.79 Å². The molecule has 6 rings (SSSR count). The summed E-state index contributed by atoms with van der Waals surface area (Å²) in [5, 5.41) is 0. The van der Waals surface area contributed by atoms with Crippen molar-refractivity contribution in [1.82, 2.24) is 0 Å². The van der Waals surface area contributed by atoms with E-state index in [9.17, 15) is 4.79 Å². The van der Waals surface area contributed by atoms with E-state index in [0.29, 0.717) is 0 Å². The predicted molar refractivity (Wildman–Crippen MR) is 150 cm³/mol. The zero-order chi connectivity index (χ0) is 24.3. The zero-order valence-electron chi connectivity index (χ0n) is 19.8. The second-order valence-corrected chi connectivity index (χ2v) is 8.87. The van der Waals surface area contributed by atoms with E-state index in [2.05, 4.69) is 60.7 Å². The van der Waals surface area contributed by atoms with Crippen LogP contribution in [0.5, 0.6) is 0 Å². The molecule has 0 N–H and O–H groups in total. The van der Waals surface area contributed by atoms with E-state index in [1.807, 2.05) is 84.9 Å². The van der Waals surface area contributed by atoms with Gasteiger partial charge in [-0.2, -0.15) is 0 Å². The van der Waals surface area contributed by atoms with E-state index >= 15 is 0 Å². The van der Waals surface area contributed by atoms with Gasteiger partial charge < -0.3 is 0 Å². The summed E-state index contributed by atoms with van der Waals surface area (Å²) in [6, 6.07) is 49.3. The van der Waals surface area contributed by atoms with Crippen LogP contribution in [0.3, 0.4) is 0 Å². The third-order valence-electron chi connectivity index (χ3n) is 6.67. The highest BCUT2D eigenvalue weighted by Crippen LogP contribution is 2.49. The molecule has 170 valence electrons. The van der Waals surface area contributed by atoms with Crippen molar-refractivity contribution in [1.29, 1.82) is 0 Å². The maximum absolute atomic E-state index is 14.2. The fourth-order valence-electron chi connectivity index (χ4n) is 5.00. The Bertz CT molecular complexity index is 1580. The lowest BCUT2D eigenvalue weighted by atomic mass is 9.88. The van der Waals surface area contributed by atoms with Gasteiger partial charge in [-0.1, -0.05) is 146 Å². The Balaban J connectivity index is 1.62. The van der Waals surface area contributed by atoms with Crippen LogP contribution in [-0.4, -0.2) is 5.78 Å². The Kier molecular flexibility index (Phi) is 5.73. The smallest absolute Gasteiger partial charge is 0.195 e. The first-order valence-corrected chi connectivity index (χ1v) is 12.2. The summed E-state index contributed by atoms with van der Waals surface area (Å²) in [6.45, 7) is 0. The highest BCUT2D eigenvalue weighted by atomic mass is 16.1. The first-order chi connectivity index (χ1) is 17.8. The minimum absolute atomic E-state index is 0.0633. The van der Waals surface area contributed by atoms with Crippen molar-refractivity contribution in [2.45, 2.75) is 0 Å². The summed E-state index contributed by atoms with van der Waals surface area (Å²) in [6.07, 6.45) is 0. The van der Waals surface area contributed by atoms with E-state index in [1.165, 1.54) is 5.56 Å². The van der Waals surface area contributed by atoms with E-state index in [4.69, 9.17) is 0 Å². The molecule has 0 saturated heterocycles. The SMILES string of the molecule is O=C1C(c2ccccc2)=C(c2ccccc2)C(c2ccc(-c3ccccc3)cc2)=C1c1ccccc1. The van der Waals surface area contributed by atoms with Gasteiger partial charge in [-0.25, -0.2) is 0 Å². The van der Waals surface area contributed by atoms with Crippen LogP contribution >= 0.6 is 0 Å². The number of ketones is 1. The number of benzene rings is 5. The van der Waals surface area contributed by atoms with Crippen molar-refractivity contribution in [3.8, 4) is 11.1 Å². The minimum atomic E-state index is 0.0633. The second kappa shape index (κ2) is 9.48. The number of hydrogen-bond acceptors (Lipinski definition) is 1. The molecule has 5 aromatic carbocycles. The molecule has 1 aliphatic carbocycles. The largest absolute Gasteiger partial charge is 0.289 e. The summed E-state index contributed by atoms with van der Waals surface area (Å²) in [5.74, 6) is 0.0633. The number of allylic oxidation sites excluding steroid dienone is 4. The molecule has 0 spiro atoms. The molecule has 1 heteroatoms. The average molecular weight is 461 g/mol. The summed E-state index contributed by atoms with van der Waals surface area (Å²) in [5.41, 5.74) is 9.74. The third kappa shape index (κ3) is 3.91. The van der Waals surface area contributed by atoms with Crippen molar-refractivity contribution in [2.75, 3.05) is 0 Å². The second-order valence-electron chi connectivity index (χ2n) is 8.87. The fraction of sp³-hybridized carbons (Fsp3) is 0. The molecule has 0 aromatic heterocycles. The van der Waals surface area contributed by atoms with Gasteiger partial charge in [-0.05, 0) is 33.4 Å². The fourth-order valence-corrected chi connectivity index (χ4v) is 5.00. The van der Waals surface area contributed by atoms with Gasteiger partial charge in [0.15, 0.2) is 5.78 Å². The molecule has 1 nitrogen and oxygen atoms in total. The summed E-state index contributed by atoms with van der Waals surface area (Å²) in [4.78, 5) is 14.2. The number of rotatable bonds is 5. The third-order valence-corrected chi connectivity index (χ3v) is 6.67. The molecule has 0 atom stereocenters. The Morgan fingerprint density at radius 2 is 0.500 bits per heavy atom. The first kappa shape index (κ1) is 21.8. The van der Waals surface area contributed by atoms with Crippen LogP contribution in [0, 0.1) is 0 Å². The van der Waals surface area contributed by atoms with Gasteiger partial charge in [-0.3, -0.25) is 4.79 Å². The molecule has 1 aliphatic rings. The van der Waals surface area contributed by atoms with E-state index in [1.54, 1.807) is 0 Å². The molecule has 5 aromatic rings. The lowest BCUT2D eigenvalue weighted by molar-refractivity contribution is -0.108. The Morgan fingerprint density at radius 1 is 0.250 bits per heavy atom. The molecule has 0 amide bonds. The van der Waals surface area contributed by atoms with Crippen LogP contribution in [0.2, 0.25) is 0 Å². The van der Waals surface area contributed by atoms with Crippen molar-refractivity contribution in [3.05, 3.63) is 168 Å². The predicted octanol–water partition coefficient (Wildman–Crippen LogP) is 8.46. The topological polar surface area (TPSA) is 17.1 Å². The molecule has 36 heavy (non-hydrogen) atoms. The number of carbonyl (C=O) groups is 1. The maximum atomic E-state index is 14.2. The monoisotopic (exact) mass is 460 g/mol. The van der Waals surface area contributed by atoms with Crippen LogP contribution in [0.25, 0.3) is 33.4 Å². The van der Waals surface area contributed by atoms with E-state index < -0.39 is 0 Å². The van der Waals surface area contributed by atoms with Crippen LogP contribution in [-0.2, 0) is 4.79 Å². The molecular weight excluding hydrogens is 436 g/mol. The summed E-state index contributed by atoms with van der Waals surface area (Å²) in [7, 11) is 0. The van der Waals surface area contributed by atoms with Crippen molar-refractivity contribution in [2.24, 2.45) is 0 Å². The molecule has 0 aliphatic heterocycles. The van der Waals surface area contributed by atoms with Crippen LogP contribution in [0.4, 0.5) is 0 Å². The van der Waals surface area contributed by atoms with Crippen LogP contribution in [0.15, 0.2) is 146 Å². The molecule has 0 radical (unpaired) electrons. The van der Waals surface area contributed by atoms with Crippen LogP contribution < -0.4 is 0 Å². The molecular formula is C35H24O. The Hall–Kier alpha value is -4.75. The standard InChI is InChI=1S/C35H24O/c36-35-33(28-17-9-3-10-18-28)31(27-15-7-2-8-16-27)32(34(35)29-19-11-4-12-20-29)30-23-21-26(22-24-30)25-13-5-1-6-14-25/h1-24H. The molecule has 0 heterocycles. The van der Waals surface area contributed by atoms with E-state index in [0.717, 1.165) is 50.1 Å². The average Bonchev–Trinajstić information content (AvgIpc) is 3.27. The van der Waals surface area contributed by atoms with Gasteiger partial charge >= 0.3 is 0 Å². The number of carbonyl (C=O) groups excluding carboxylic acids is 1. The summed E-state index contributed by atoms with van der Waals surface area (Å²) < 4.78 is 0. The lowest BCUT2D eigenvalue weighted by Gasteiger charge is -2.14. The number of hydrogen-bond donors (Lipinski definition) is 0. The van der Waals surface area contributed by atoms with Gasteiger partial charge in [0, 0.05) is 22.3 Å². The van der Waals surface area contributed by atoms with Gasteiger partial charge in [0.1, 0.15) is 0 Å². The highest BCUT2D eigenvalue weighted by Gasteiger charge is 2.35. The lowest BCUT2D eigenvalue weighted by Crippen LogP contribution is -2.01. The number of Topliss-reactive ketones (excluding diaryl/α,β-unsaturated/α-hetero) is 1. The molecule has 0 unspecified atom stereocenters. The molecule has 0 bridgehead atoms. The zero-order valence-corrected chi connectivity index (χ0v) is 19.8. The van der Waals surface area contributed by atoms with Crippen LogP contribution in [0.1, 0.15) is 22.3 Å².